The van der Waals surface area contributed by atoms with Crippen LogP contribution in [-0.2, 0) is 4.79 Å². The van der Waals surface area contributed by atoms with Gasteiger partial charge in [0.2, 0.25) is 5.91 Å². The van der Waals surface area contributed by atoms with E-state index in [0.717, 1.165) is 55.7 Å². The predicted octanol–water partition coefficient (Wildman–Crippen LogP) is 2.08. The van der Waals surface area contributed by atoms with Crippen molar-refractivity contribution in [3.8, 4) is 0 Å². The largest absolute Gasteiger partial charge is 0.352 e. The summed E-state index contributed by atoms with van der Waals surface area (Å²) in [5.41, 5.74) is 0.973. The van der Waals surface area contributed by atoms with Gasteiger partial charge in [-0.1, -0.05) is 18.6 Å². The van der Waals surface area contributed by atoms with Crippen LogP contribution in [0.4, 0.5) is 5.82 Å². The topological polar surface area (TPSA) is 49.3 Å². The fourth-order valence-electron chi connectivity index (χ4n) is 3.29. The number of amides is 1. The molecule has 1 saturated heterocycles. The van der Waals surface area contributed by atoms with Gasteiger partial charge in [-0.25, -0.2) is 9.97 Å². The van der Waals surface area contributed by atoms with E-state index in [4.69, 9.17) is 0 Å². The zero-order chi connectivity index (χ0) is 14.9. The van der Waals surface area contributed by atoms with Gasteiger partial charge < -0.3 is 9.80 Å². The van der Waals surface area contributed by atoms with Crippen LogP contribution in [0.25, 0.3) is 10.9 Å². The van der Waals surface area contributed by atoms with Gasteiger partial charge in [0.05, 0.1) is 5.52 Å². The van der Waals surface area contributed by atoms with E-state index < -0.39 is 0 Å². The maximum Gasteiger partial charge on any atom is 0.225 e. The molecule has 22 heavy (non-hydrogen) atoms. The minimum Gasteiger partial charge on any atom is -0.352 e. The molecule has 0 N–H and O–H groups in total. The first kappa shape index (κ1) is 13.5. The molecule has 4 rings (SSSR count). The Morgan fingerprint density at radius 2 is 1.82 bits per heavy atom. The molecular formula is C17H20N4O. The molecule has 2 aromatic rings. The molecule has 0 bridgehead atoms. The van der Waals surface area contributed by atoms with Crippen LogP contribution in [0.1, 0.15) is 19.3 Å². The summed E-state index contributed by atoms with van der Waals surface area (Å²) >= 11 is 0. The number of para-hydroxylation sites is 1. The Balaban J connectivity index is 1.49. The van der Waals surface area contributed by atoms with Crippen molar-refractivity contribution >= 4 is 22.6 Å². The lowest BCUT2D eigenvalue weighted by Crippen LogP contribution is -2.51. The Bertz CT molecular complexity index is 685. The predicted molar refractivity (Wildman–Crippen MR) is 85.7 cm³/mol. The van der Waals surface area contributed by atoms with E-state index in [1.165, 1.54) is 6.42 Å². The van der Waals surface area contributed by atoms with Crippen molar-refractivity contribution < 1.29 is 4.79 Å². The zero-order valence-electron chi connectivity index (χ0n) is 12.6. The van der Waals surface area contributed by atoms with Gasteiger partial charge in [-0.3, -0.25) is 4.79 Å². The quantitative estimate of drug-likeness (QED) is 0.851. The molecule has 0 spiro atoms. The number of carbonyl (C=O) groups excluding carboxylic acids is 1. The highest BCUT2D eigenvalue weighted by atomic mass is 16.2. The van der Waals surface area contributed by atoms with Gasteiger partial charge in [0.15, 0.2) is 0 Å². The van der Waals surface area contributed by atoms with Gasteiger partial charge in [0.1, 0.15) is 12.1 Å². The third-order valence-corrected chi connectivity index (χ3v) is 4.87. The van der Waals surface area contributed by atoms with E-state index in [2.05, 4.69) is 20.9 Å². The Morgan fingerprint density at radius 1 is 1.05 bits per heavy atom. The standard InChI is InChI=1S/C17H20N4O/c22-17(13-4-3-5-13)21-10-8-20(9-11-21)16-14-6-1-2-7-15(14)18-12-19-16/h1-2,6-7,12-13H,3-5,8-11H2. The number of anilines is 1. The molecule has 1 aliphatic heterocycles. The van der Waals surface area contributed by atoms with Gasteiger partial charge in [0, 0.05) is 37.5 Å². The van der Waals surface area contributed by atoms with Gasteiger partial charge in [-0.2, -0.15) is 0 Å². The summed E-state index contributed by atoms with van der Waals surface area (Å²) in [6.45, 7) is 3.29. The number of hydrogen-bond acceptors (Lipinski definition) is 4. The summed E-state index contributed by atoms with van der Waals surface area (Å²) in [4.78, 5) is 25.4. The second-order valence-electron chi connectivity index (χ2n) is 6.15. The molecule has 0 atom stereocenters. The molecule has 5 heteroatoms. The molecule has 5 nitrogen and oxygen atoms in total. The normalized spacial score (nSPS) is 19.3. The van der Waals surface area contributed by atoms with E-state index in [1.54, 1.807) is 6.33 Å². The number of rotatable bonds is 2. The number of aromatic nitrogens is 2. The smallest absolute Gasteiger partial charge is 0.225 e. The number of carbonyl (C=O) groups is 1. The lowest BCUT2D eigenvalue weighted by atomic mass is 9.84. The zero-order valence-corrected chi connectivity index (χ0v) is 12.6. The maximum atomic E-state index is 12.3. The van der Waals surface area contributed by atoms with Crippen LogP contribution < -0.4 is 4.90 Å². The Labute approximate surface area is 130 Å². The van der Waals surface area contributed by atoms with Crippen molar-refractivity contribution in [2.45, 2.75) is 19.3 Å². The van der Waals surface area contributed by atoms with Gasteiger partial charge >= 0.3 is 0 Å². The summed E-state index contributed by atoms with van der Waals surface area (Å²) in [6.07, 6.45) is 5.00. The molecule has 2 fully saturated rings. The van der Waals surface area contributed by atoms with E-state index in [1.807, 2.05) is 23.1 Å². The first-order chi connectivity index (χ1) is 10.8. The van der Waals surface area contributed by atoms with Crippen LogP contribution in [0.15, 0.2) is 30.6 Å². The second kappa shape index (κ2) is 5.55. The molecule has 1 aromatic heterocycles. The van der Waals surface area contributed by atoms with Crippen molar-refractivity contribution in [3.05, 3.63) is 30.6 Å². The molecule has 0 radical (unpaired) electrons. The molecule has 1 amide bonds. The maximum absolute atomic E-state index is 12.3. The van der Waals surface area contributed by atoms with Crippen LogP contribution in [0, 0.1) is 5.92 Å². The van der Waals surface area contributed by atoms with Gasteiger partial charge in [0.25, 0.3) is 0 Å². The van der Waals surface area contributed by atoms with E-state index in [0.29, 0.717) is 11.8 Å². The summed E-state index contributed by atoms with van der Waals surface area (Å²) in [5.74, 6) is 1.64. The number of hydrogen-bond donors (Lipinski definition) is 0. The summed E-state index contributed by atoms with van der Waals surface area (Å²) in [5, 5.41) is 1.09. The first-order valence-electron chi connectivity index (χ1n) is 8.06. The minimum absolute atomic E-state index is 0.298. The van der Waals surface area contributed by atoms with Crippen molar-refractivity contribution in [2.75, 3.05) is 31.1 Å². The molecule has 2 aliphatic rings. The van der Waals surface area contributed by atoms with E-state index in [9.17, 15) is 4.79 Å². The molecule has 2 heterocycles. The van der Waals surface area contributed by atoms with Crippen LogP contribution >= 0.6 is 0 Å². The third-order valence-electron chi connectivity index (χ3n) is 4.87. The summed E-state index contributed by atoms with van der Waals surface area (Å²) in [7, 11) is 0. The van der Waals surface area contributed by atoms with Crippen molar-refractivity contribution in [1.29, 1.82) is 0 Å². The van der Waals surface area contributed by atoms with Crippen molar-refractivity contribution in [2.24, 2.45) is 5.92 Å². The first-order valence-corrected chi connectivity index (χ1v) is 8.06. The number of nitrogens with zero attached hydrogens (tertiary/aromatic N) is 4. The fraction of sp³-hybridized carbons (Fsp3) is 0.471. The van der Waals surface area contributed by atoms with Crippen LogP contribution in [0.2, 0.25) is 0 Å². The second-order valence-corrected chi connectivity index (χ2v) is 6.15. The summed E-state index contributed by atoms with van der Waals surface area (Å²) < 4.78 is 0. The molecule has 0 unspecified atom stereocenters. The van der Waals surface area contributed by atoms with E-state index in [-0.39, 0.29) is 0 Å². The minimum atomic E-state index is 0.298. The average molecular weight is 296 g/mol. The lowest BCUT2D eigenvalue weighted by molar-refractivity contribution is -0.138. The Kier molecular flexibility index (Phi) is 3.41. The molecule has 114 valence electrons. The van der Waals surface area contributed by atoms with Gasteiger partial charge in [-0.15, -0.1) is 0 Å². The van der Waals surface area contributed by atoms with Crippen molar-refractivity contribution in [1.82, 2.24) is 14.9 Å². The molecule has 1 saturated carbocycles. The van der Waals surface area contributed by atoms with Gasteiger partial charge in [-0.05, 0) is 25.0 Å². The third kappa shape index (κ3) is 2.30. The molecule has 1 aromatic carbocycles. The molecular weight excluding hydrogens is 276 g/mol. The fourth-order valence-corrected chi connectivity index (χ4v) is 3.29. The highest BCUT2D eigenvalue weighted by Crippen LogP contribution is 2.29. The van der Waals surface area contributed by atoms with Crippen LogP contribution in [0.3, 0.4) is 0 Å². The highest BCUT2D eigenvalue weighted by Gasteiger charge is 2.31. The number of benzene rings is 1. The Morgan fingerprint density at radius 3 is 2.55 bits per heavy atom. The number of fused-ring (bicyclic) bond motifs is 1. The molecule has 1 aliphatic carbocycles. The van der Waals surface area contributed by atoms with Crippen molar-refractivity contribution in [3.63, 3.8) is 0 Å². The highest BCUT2D eigenvalue weighted by molar-refractivity contribution is 5.89. The SMILES string of the molecule is O=C(C1CCC1)N1CCN(c2ncnc3ccccc23)CC1. The van der Waals surface area contributed by atoms with Crippen LogP contribution in [-0.4, -0.2) is 47.0 Å². The average Bonchev–Trinajstić information content (AvgIpc) is 2.53. The Hall–Kier alpha value is -2.17. The van der Waals surface area contributed by atoms with E-state index >= 15 is 0 Å². The lowest BCUT2D eigenvalue weighted by Gasteiger charge is -2.38. The number of piperazine rings is 1. The van der Waals surface area contributed by atoms with Crippen LogP contribution in [0.5, 0.6) is 0 Å². The monoisotopic (exact) mass is 296 g/mol. The summed E-state index contributed by atoms with van der Waals surface area (Å²) in [6, 6.07) is 8.09.